The molecule has 6 heteroatoms. The van der Waals surface area contributed by atoms with Gasteiger partial charge >= 0.3 is 0 Å². The lowest BCUT2D eigenvalue weighted by Crippen LogP contribution is -2.20. The van der Waals surface area contributed by atoms with Crippen LogP contribution in [0.4, 0.5) is 0 Å². The monoisotopic (exact) mass is 292 g/mol. The number of carbonyl (C=O) groups is 1. The van der Waals surface area contributed by atoms with Gasteiger partial charge in [-0.3, -0.25) is 9.59 Å². The molecule has 0 radical (unpaired) electrons. The quantitative estimate of drug-likeness (QED) is 0.807. The molecule has 0 aliphatic heterocycles. The molecule has 104 valence electrons. The highest BCUT2D eigenvalue weighted by Gasteiger charge is 2.10. The van der Waals surface area contributed by atoms with Gasteiger partial charge in [-0.1, -0.05) is 0 Å². The van der Waals surface area contributed by atoms with Crippen molar-refractivity contribution in [1.82, 2.24) is 9.78 Å². The summed E-state index contributed by atoms with van der Waals surface area (Å²) in [6, 6.07) is 8.65. The molecular formula is C14H13ClN2O3. The number of nitrogens with zero attached hydrogens (tertiary/aromatic N) is 2. The second kappa shape index (κ2) is 5.88. The number of aromatic nitrogens is 2. The average Bonchev–Trinajstić information content (AvgIpc) is 2.41. The zero-order valence-corrected chi connectivity index (χ0v) is 11.8. The highest BCUT2D eigenvalue weighted by molar-refractivity contribution is 6.63. The lowest BCUT2D eigenvalue weighted by atomic mass is 10.2. The fourth-order valence-electron chi connectivity index (χ4n) is 1.82. The van der Waals surface area contributed by atoms with Gasteiger partial charge in [-0.2, -0.15) is 5.10 Å². The van der Waals surface area contributed by atoms with Crippen molar-refractivity contribution in [3.8, 4) is 11.4 Å². The van der Waals surface area contributed by atoms with E-state index in [0.29, 0.717) is 5.69 Å². The molecule has 0 unspecified atom stereocenters. The number of benzene rings is 1. The van der Waals surface area contributed by atoms with Crippen molar-refractivity contribution >= 4 is 16.8 Å². The molecule has 0 amide bonds. The zero-order chi connectivity index (χ0) is 14.7. The molecule has 5 nitrogen and oxygen atoms in total. The molecule has 0 aliphatic carbocycles. The molecule has 0 atom stereocenters. The van der Waals surface area contributed by atoms with Crippen molar-refractivity contribution in [3.63, 3.8) is 0 Å². The normalized spacial score (nSPS) is 10.3. The van der Waals surface area contributed by atoms with E-state index in [1.807, 2.05) is 12.1 Å². The lowest BCUT2D eigenvalue weighted by molar-refractivity contribution is -0.111. The number of hydrogen-bond acceptors (Lipinski definition) is 4. The summed E-state index contributed by atoms with van der Waals surface area (Å²) in [7, 11) is 1.59. The average molecular weight is 293 g/mol. The highest BCUT2D eigenvalue weighted by atomic mass is 35.5. The number of carbonyl (C=O) groups excluding carboxylic acids is 1. The first-order chi connectivity index (χ1) is 9.51. The van der Waals surface area contributed by atoms with Crippen LogP contribution < -0.4 is 10.2 Å². The maximum absolute atomic E-state index is 11.8. The van der Waals surface area contributed by atoms with Gasteiger partial charge in [0.05, 0.1) is 19.2 Å². The SMILES string of the molecule is COc1ccc(-n2nc(CC(=O)Cl)c(=O)cc2C)cc1. The molecule has 2 rings (SSSR count). The lowest BCUT2D eigenvalue weighted by Gasteiger charge is -2.11. The second-order valence-electron chi connectivity index (χ2n) is 4.24. The number of ether oxygens (including phenoxy) is 1. The summed E-state index contributed by atoms with van der Waals surface area (Å²) < 4.78 is 6.68. The summed E-state index contributed by atoms with van der Waals surface area (Å²) in [5.74, 6) is 0.726. The molecule has 0 N–H and O–H groups in total. The molecular weight excluding hydrogens is 280 g/mol. The molecule has 0 fully saturated rings. The zero-order valence-electron chi connectivity index (χ0n) is 11.1. The van der Waals surface area contributed by atoms with Crippen LogP contribution in [0.15, 0.2) is 35.1 Å². The standard InChI is InChI=1S/C14H13ClN2O3/c1-9-7-13(18)12(8-14(15)19)16-17(9)10-3-5-11(20-2)6-4-10/h3-7H,8H2,1-2H3. The van der Waals surface area contributed by atoms with Gasteiger partial charge in [0, 0.05) is 11.8 Å². The van der Waals surface area contributed by atoms with E-state index in [4.69, 9.17) is 16.3 Å². The maximum Gasteiger partial charge on any atom is 0.227 e. The predicted octanol–water partition coefficient (Wildman–Crippen LogP) is 1.86. The first-order valence-electron chi connectivity index (χ1n) is 5.94. The van der Waals surface area contributed by atoms with Crippen LogP contribution in [-0.2, 0) is 11.2 Å². The summed E-state index contributed by atoms with van der Waals surface area (Å²) in [4.78, 5) is 22.7. The van der Waals surface area contributed by atoms with Gasteiger partial charge in [0.25, 0.3) is 0 Å². The number of halogens is 1. The minimum Gasteiger partial charge on any atom is -0.497 e. The third-order valence-corrected chi connectivity index (χ3v) is 2.94. The first kappa shape index (κ1) is 14.3. The Morgan fingerprint density at radius 3 is 2.55 bits per heavy atom. The van der Waals surface area contributed by atoms with Crippen LogP contribution in [0, 0.1) is 6.92 Å². The van der Waals surface area contributed by atoms with Crippen molar-refractivity contribution in [2.45, 2.75) is 13.3 Å². The van der Waals surface area contributed by atoms with Crippen molar-refractivity contribution in [2.24, 2.45) is 0 Å². The van der Waals surface area contributed by atoms with Crippen LogP contribution in [0.1, 0.15) is 11.4 Å². The smallest absolute Gasteiger partial charge is 0.227 e. The number of methoxy groups -OCH3 is 1. The van der Waals surface area contributed by atoms with Crippen molar-refractivity contribution in [2.75, 3.05) is 7.11 Å². The topological polar surface area (TPSA) is 61.2 Å². The van der Waals surface area contributed by atoms with E-state index in [-0.39, 0.29) is 17.5 Å². The summed E-state index contributed by atoms with van der Waals surface area (Å²) in [5.41, 5.74) is 1.28. The summed E-state index contributed by atoms with van der Waals surface area (Å²) in [5, 5.41) is 3.58. The fraction of sp³-hybridized carbons (Fsp3) is 0.214. The molecule has 1 aromatic carbocycles. The molecule has 2 aromatic rings. The van der Waals surface area contributed by atoms with E-state index in [0.717, 1.165) is 11.4 Å². The Balaban J connectivity index is 2.49. The van der Waals surface area contributed by atoms with Crippen LogP contribution in [-0.4, -0.2) is 22.1 Å². The van der Waals surface area contributed by atoms with Crippen LogP contribution >= 0.6 is 11.6 Å². The van der Waals surface area contributed by atoms with E-state index in [2.05, 4.69) is 5.10 Å². The third-order valence-electron chi connectivity index (χ3n) is 2.80. The van der Waals surface area contributed by atoms with E-state index >= 15 is 0 Å². The van der Waals surface area contributed by atoms with Gasteiger partial charge < -0.3 is 4.74 Å². The Labute approximate surface area is 120 Å². The Morgan fingerprint density at radius 1 is 1.35 bits per heavy atom. The Morgan fingerprint density at radius 2 is 2.00 bits per heavy atom. The Bertz CT molecular complexity index is 693. The Hall–Kier alpha value is -2.14. The largest absolute Gasteiger partial charge is 0.497 e. The minimum atomic E-state index is -0.611. The highest BCUT2D eigenvalue weighted by Crippen LogP contribution is 2.15. The van der Waals surface area contributed by atoms with Gasteiger partial charge in [-0.15, -0.1) is 0 Å². The molecule has 1 aromatic heterocycles. The van der Waals surface area contributed by atoms with Gasteiger partial charge in [-0.25, -0.2) is 4.68 Å². The molecule has 0 spiro atoms. The predicted molar refractivity (Wildman–Crippen MR) is 75.7 cm³/mol. The number of hydrogen-bond donors (Lipinski definition) is 0. The van der Waals surface area contributed by atoms with E-state index in [9.17, 15) is 9.59 Å². The molecule has 0 saturated carbocycles. The summed E-state index contributed by atoms with van der Waals surface area (Å²) in [6.07, 6.45) is -0.184. The van der Waals surface area contributed by atoms with E-state index < -0.39 is 5.24 Å². The summed E-state index contributed by atoms with van der Waals surface area (Å²) in [6.45, 7) is 1.77. The number of rotatable bonds is 4. The van der Waals surface area contributed by atoms with Gasteiger partial charge in [0.15, 0.2) is 0 Å². The van der Waals surface area contributed by atoms with Crippen LogP contribution in [0.25, 0.3) is 5.69 Å². The van der Waals surface area contributed by atoms with Gasteiger partial charge in [0.1, 0.15) is 11.4 Å². The molecule has 0 saturated heterocycles. The fourth-order valence-corrected chi connectivity index (χ4v) is 1.95. The van der Waals surface area contributed by atoms with Crippen molar-refractivity contribution in [1.29, 1.82) is 0 Å². The van der Waals surface area contributed by atoms with Crippen molar-refractivity contribution in [3.05, 3.63) is 51.9 Å². The van der Waals surface area contributed by atoms with Crippen LogP contribution in [0.2, 0.25) is 0 Å². The maximum atomic E-state index is 11.8. The first-order valence-corrected chi connectivity index (χ1v) is 6.31. The van der Waals surface area contributed by atoms with E-state index in [1.165, 1.54) is 6.07 Å². The van der Waals surface area contributed by atoms with E-state index in [1.54, 1.807) is 30.8 Å². The summed E-state index contributed by atoms with van der Waals surface area (Å²) >= 11 is 5.32. The minimum absolute atomic E-state index is 0.131. The molecule has 20 heavy (non-hydrogen) atoms. The van der Waals surface area contributed by atoms with Crippen LogP contribution in [0.5, 0.6) is 5.75 Å². The molecule has 1 heterocycles. The van der Waals surface area contributed by atoms with Crippen molar-refractivity contribution < 1.29 is 9.53 Å². The van der Waals surface area contributed by atoms with Gasteiger partial charge in [-0.05, 0) is 42.8 Å². The van der Waals surface area contributed by atoms with Crippen LogP contribution in [0.3, 0.4) is 0 Å². The second-order valence-corrected chi connectivity index (χ2v) is 4.66. The number of aryl methyl sites for hydroxylation is 1. The molecule has 0 bridgehead atoms. The molecule has 0 aliphatic rings. The Kier molecular flexibility index (Phi) is 4.20. The third kappa shape index (κ3) is 3.05. The van der Waals surface area contributed by atoms with Gasteiger partial charge in [0.2, 0.25) is 10.7 Å².